The van der Waals surface area contributed by atoms with E-state index in [2.05, 4.69) is 59.9 Å². The Balaban J connectivity index is 1.71. The fraction of sp³-hybridized carbons (Fsp3) is 0.391. The monoisotopic (exact) mass is 422 g/mol. The van der Waals surface area contributed by atoms with Gasteiger partial charge in [0.15, 0.2) is 0 Å². The second-order valence-corrected chi connectivity index (χ2v) is 9.28. The van der Waals surface area contributed by atoms with Gasteiger partial charge in [0.05, 0.1) is 15.8 Å². The molecule has 7 heteroatoms. The summed E-state index contributed by atoms with van der Waals surface area (Å²) >= 11 is 1.47. The maximum absolute atomic E-state index is 11.9. The van der Waals surface area contributed by atoms with E-state index in [9.17, 15) is 9.90 Å². The molecule has 0 spiro atoms. The summed E-state index contributed by atoms with van der Waals surface area (Å²) in [6.07, 6.45) is 1.96. The molecule has 0 amide bonds. The molecule has 1 N–H and O–H groups in total. The van der Waals surface area contributed by atoms with Gasteiger partial charge in [-0.2, -0.15) is 0 Å². The van der Waals surface area contributed by atoms with E-state index >= 15 is 0 Å². The van der Waals surface area contributed by atoms with Crippen LogP contribution in [0.5, 0.6) is 0 Å². The molecule has 6 nitrogen and oxygen atoms in total. The van der Waals surface area contributed by atoms with Gasteiger partial charge in [0.1, 0.15) is 5.69 Å². The lowest BCUT2D eigenvalue weighted by atomic mass is 9.97. The third-order valence-corrected chi connectivity index (χ3v) is 6.42. The van der Waals surface area contributed by atoms with E-state index in [1.165, 1.54) is 16.9 Å². The van der Waals surface area contributed by atoms with Crippen molar-refractivity contribution in [3.63, 3.8) is 0 Å². The molecule has 2 aromatic carbocycles. The van der Waals surface area contributed by atoms with E-state index in [0.29, 0.717) is 22.8 Å². The van der Waals surface area contributed by atoms with Crippen LogP contribution in [0, 0.1) is 0 Å². The third kappa shape index (κ3) is 3.94. The van der Waals surface area contributed by atoms with Gasteiger partial charge in [0, 0.05) is 18.3 Å². The Morgan fingerprint density at radius 2 is 1.97 bits per heavy atom. The number of rotatable bonds is 5. The van der Waals surface area contributed by atoms with Crippen LogP contribution in [0.15, 0.2) is 40.6 Å². The predicted molar refractivity (Wildman–Crippen MR) is 122 cm³/mol. The molecule has 1 aliphatic rings. The molecule has 0 fully saturated rings. The second-order valence-electron chi connectivity index (χ2n) is 8.27. The smallest absolute Gasteiger partial charge is 0.338 e. The van der Waals surface area contributed by atoms with Crippen LogP contribution in [-0.2, 0) is 6.42 Å². The lowest BCUT2D eigenvalue weighted by Crippen LogP contribution is -2.35. The van der Waals surface area contributed by atoms with Gasteiger partial charge in [0.2, 0.25) is 5.13 Å². The first-order valence-electron chi connectivity index (χ1n) is 10.3. The highest BCUT2D eigenvalue weighted by molar-refractivity contribution is 7.21. The molecule has 0 bridgehead atoms. The number of aryl methyl sites for hydroxylation is 1. The quantitative estimate of drug-likeness (QED) is 0.464. The zero-order chi connectivity index (χ0) is 21.4. The normalized spacial score (nSPS) is 14.3. The van der Waals surface area contributed by atoms with E-state index in [4.69, 9.17) is 0 Å². The summed E-state index contributed by atoms with van der Waals surface area (Å²) in [5, 5.41) is 18.9. The number of fused-ring (bicyclic) bond motifs is 2. The van der Waals surface area contributed by atoms with Crippen LogP contribution in [0.25, 0.3) is 10.2 Å². The highest BCUT2D eigenvalue weighted by atomic mass is 32.1. The van der Waals surface area contributed by atoms with Crippen molar-refractivity contribution in [1.29, 1.82) is 0 Å². The highest BCUT2D eigenvalue weighted by Gasteiger charge is 2.23. The molecule has 4 rings (SSSR count). The van der Waals surface area contributed by atoms with E-state index in [1.54, 1.807) is 6.07 Å². The minimum Gasteiger partial charge on any atom is -0.478 e. The third-order valence-electron chi connectivity index (χ3n) is 5.52. The summed E-state index contributed by atoms with van der Waals surface area (Å²) in [5.41, 5.74) is 4.82. The maximum atomic E-state index is 11.9. The van der Waals surface area contributed by atoms with Crippen LogP contribution in [0.3, 0.4) is 0 Å². The summed E-state index contributed by atoms with van der Waals surface area (Å²) in [6, 6.07) is 10.2. The Morgan fingerprint density at radius 3 is 2.67 bits per heavy atom. The summed E-state index contributed by atoms with van der Waals surface area (Å²) in [4.78, 5) is 18.7. The molecule has 1 aliphatic heterocycles. The van der Waals surface area contributed by atoms with E-state index in [-0.39, 0.29) is 5.56 Å². The predicted octanol–water partition coefficient (Wildman–Crippen LogP) is 6.69. The Bertz CT molecular complexity index is 1130. The Morgan fingerprint density at radius 1 is 1.17 bits per heavy atom. The van der Waals surface area contributed by atoms with Gasteiger partial charge < -0.3 is 10.0 Å². The van der Waals surface area contributed by atoms with E-state index in [0.717, 1.165) is 40.9 Å². The first-order chi connectivity index (χ1) is 14.3. The molecule has 0 radical (unpaired) electrons. The van der Waals surface area contributed by atoms with Crippen LogP contribution >= 0.6 is 11.3 Å². The van der Waals surface area contributed by atoms with Gasteiger partial charge in [-0.3, -0.25) is 0 Å². The van der Waals surface area contributed by atoms with Gasteiger partial charge in [-0.15, -0.1) is 10.2 Å². The molecule has 0 saturated heterocycles. The number of anilines is 1. The van der Waals surface area contributed by atoms with E-state index in [1.807, 2.05) is 12.1 Å². The van der Waals surface area contributed by atoms with Gasteiger partial charge in [-0.05, 0) is 68.0 Å². The molecule has 0 unspecified atom stereocenters. The van der Waals surface area contributed by atoms with Crippen LogP contribution in [0.2, 0.25) is 0 Å². The lowest BCUT2D eigenvalue weighted by molar-refractivity contribution is 0.0697. The number of hydrogen-bond acceptors (Lipinski definition) is 6. The largest absolute Gasteiger partial charge is 0.478 e. The Labute approximate surface area is 180 Å². The van der Waals surface area contributed by atoms with Crippen molar-refractivity contribution in [3.05, 3.63) is 47.0 Å². The van der Waals surface area contributed by atoms with Crippen molar-refractivity contribution in [3.8, 4) is 0 Å². The zero-order valence-electron chi connectivity index (χ0n) is 17.7. The Kier molecular flexibility index (Phi) is 5.56. The number of aromatic carboxylic acids is 1. The van der Waals surface area contributed by atoms with Crippen molar-refractivity contribution in [2.24, 2.45) is 10.2 Å². The maximum Gasteiger partial charge on any atom is 0.338 e. The molecule has 0 saturated carbocycles. The molecule has 3 aromatic rings. The fourth-order valence-corrected chi connectivity index (χ4v) is 4.70. The molecule has 0 aliphatic carbocycles. The molecule has 0 atom stereocenters. The van der Waals surface area contributed by atoms with Gasteiger partial charge in [-0.25, -0.2) is 9.78 Å². The van der Waals surface area contributed by atoms with Crippen molar-refractivity contribution >= 4 is 44.0 Å². The first kappa shape index (κ1) is 20.5. The van der Waals surface area contributed by atoms with Crippen molar-refractivity contribution < 1.29 is 9.90 Å². The van der Waals surface area contributed by atoms with Crippen LogP contribution in [0.1, 0.15) is 61.5 Å². The molecular weight excluding hydrogens is 396 g/mol. The number of carboxylic acid groups (broad SMARTS) is 1. The van der Waals surface area contributed by atoms with Crippen LogP contribution < -0.4 is 4.90 Å². The fourth-order valence-electron chi connectivity index (χ4n) is 3.87. The lowest BCUT2D eigenvalue weighted by Gasteiger charge is -2.35. The standard InChI is InChI=1S/C23H26N4O2S/c1-13(2)15-7-8-18-21(11-15)30-23(24-18)26-25-19-10-16-6-5-9-27(14(3)4)20(16)12-17(19)22(28)29/h7-8,10-14H,5-6,9H2,1-4H3,(H,28,29). The van der Waals surface area contributed by atoms with Gasteiger partial charge in [-0.1, -0.05) is 31.3 Å². The van der Waals surface area contributed by atoms with Crippen LogP contribution in [0.4, 0.5) is 16.5 Å². The van der Waals surface area contributed by atoms with Gasteiger partial charge >= 0.3 is 5.97 Å². The highest BCUT2D eigenvalue weighted by Crippen LogP contribution is 2.37. The average Bonchev–Trinajstić information content (AvgIpc) is 3.12. The molecule has 2 heterocycles. The SMILES string of the molecule is CC(C)c1ccc2nc(N=Nc3cc4c(cc3C(=O)O)N(C(C)C)CCC4)sc2c1. The minimum absolute atomic E-state index is 0.174. The number of azo groups is 1. The number of aromatic nitrogens is 1. The number of carboxylic acids is 1. The van der Waals surface area contributed by atoms with Gasteiger partial charge in [0.25, 0.3) is 0 Å². The number of carbonyl (C=O) groups is 1. The second kappa shape index (κ2) is 8.14. The summed E-state index contributed by atoms with van der Waals surface area (Å²) < 4.78 is 1.06. The van der Waals surface area contributed by atoms with Crippen LogP contribution in [-0.4, -0.2) is 28.6 Å². The van der Waals surface area contributed by atoms with Crippen molar-refractivity contribution in [2.75, 3.05) is 11.4 Å². The number of nitrogens with zero attached hydrogens (tertiary/aromatic N) is 4. The molecular formula is C23H26N4O2S. The average molecular weight is 423 g/mol. The molecule has 30 heavy (non-hydrogen) atoms. The zero-order valence-corrected chi connectivity index (χ0v) is 18.5. The minimum atomic E-state index is -0.994. The van der Waals surface area contributed by atoms with Crippen molar-refractivity contribution in [2.45, 2.75) is 52.5 Å². The topological polar surface area (TPSA) is 78.1 Å². The van der Waals surface area contributed by atoms with Crippen molar-refractivity contribution in [1.82, 2.24) is 4.98 Å². The Hall–Kier alpha value is -2.80. The number of benzene rings is 2. The summed E-state index contributed by atoms with van der Waals surface area (Å²) in [5.74, 6) is -0.549. The first-order valence-corrected chi connectivity index (χ1v) is 11.1. The summed E-state index contributed by atoms with van der Waals surface area (Å²) in [7, 11) is 0. The van der Waals surface area contributed by atoms with E-state index < -0.39 is 5.97 Å². The summed E-state index contributed by atoms with van der Waals surface area (Å²) in [6.45, 7) is 9.51. The number of thiazole rings is 1. The molecule has 1 aromatic heterocycles. The molecule has 156 valence electrons. The number of hydrogen-bond donors (Lipinski definition) is 1.